The first-order valence-electron chi connectivity index (χ1n) is 6.30. The molecular formula is C15H17N3O. The second-order valence-corrected chi connectivity index (χ2v) is 4.99. The Morgan fingerprint density at radius 2 is 1.95 bits per heavy atom. The van der Waals surface area contributed by atoms with Crippen LogP contribution in [0.4, 0.5) is 0 Å². The molecule has 0 unspecified atom stereocenters. The number of benzene rings is 1. The number of para-hydroxylation sites is 1. The summed E-state index contributed by atoms with van der Waals surface area (Å²) in [6, 6.07) is 12.2. The summed E-state index contributed by atoms with van der Waals surface area (Å²) in [7, 11) is 6.01. The van der Waals surface area contributed by atoms with Crippen molar-refractivity contribution in [2.24, 2.45) is 7.05 Å². The molecule has 0 aliphatic heterocycles. The maximum Gasteiger partial charge on any atom is 0.155 e. The molecule has 0 aliphatic rings. The Bertz CT molecular complexity index is 709. The molecule has 0 N–H and O–H groups in total. The maximum atomic E-state index is 5.88. The van der Waals surface area contributed by atoms with Crippen molar-refractivity contribution in [3.05, 3.63) is 42.2 Å². The number of hydrogen-bond acceptors (Lipinski definition) is 3. The van der Waals surface area contributed by atoms with E-state index in [2.05, 4.69) is 22.1 Å². The average molecular weight is 255 g/mol. The Balaban J connectivity index is 2.07. The van der Waals surface area contributed by atoms with E-state index in [9.17, 15) is 0 Å². The van der Waals surface area contributed by atoms with Crippen LogP contribution in [-0.2, 0) is 13.6 Å². The summed E-state index contributed by atoms with van der Waals surface area (Å²) in [6.07, 6.45) is 0. The topological polar surface area (TPSA) is 34.2 Å². The van der Waals surface area contributed by atoms with Crippen molar-refractivity contribution in [1.29, 1.82) is 0 Å². The third-order valence-corrected chi connectivity index (χ3v) is 3.12. The van der Waals surface area contributed by atoms with Crippen LogP contribution in [0.15, 0.2) is 40.8 Å². The van der Waals surface area contributed by atoms with E-state index in [1.54, 1.807) is 0 Å². The highest BCUT2D eigenvalue weighted by Gasteiger charge is 2.13. The number of hydrogen-bond donors (Lipinski definition) is 0. The van der Waals surface area contributed by atoms with E-state index in [1.165, 1.54) is 0 Å². The average Bonchev–Trinajstić information content (AvgIpc) is 2.95. The van der Waals surface area contributed by atoms with E-state index in [0.29, 0.717) is 0 Å². The molecule has 0 radical (unpaired) electrons. The van der Waals surface area contributed by atoms with Gasteiger partial charge in [-0.2, -0.15) is 5.10 Å². The zero-order valence-electron chi connectivity index (χ0n) is 11.4. The second-order valence-electron chi connectivity index (χ2n) is 4.99. The minimum Gasteiger partial charge on any atom is -0.458 e. The molecular weight excluding hydrogens is 238 g/mol. The molecule has 0 amide bonds. The van der Waals surface area contributed by atoms with Gasteiger partial charge in [-0.1, -0.05) is 18.2 Å². The highest BCUT2D eigenvalue weighted by atomic mass is 16.3. The van der Waals surface area contributed by atoms with Gasteiger partial charge in [0.15, 0.2) is 5.76 Å². The van der Waals surface area contributed by atoms with Gasteiger partial charge in [-0.15, -0.1) is 0 Å². The van der Waals surface area contributed by atoms with Crippen molar-refractivity contribution >= 4 is 10.9 Å². The van der Waals surface area contributed by atoms with Crippen LogP contribution in [0.5, 0.6) is 0 Å². The van der Waals surface area contributed by atoms with Crippen LogP contribution >= 0.6 is 0 Å². The number of furan rings is 1. The highest BCUT2D eigenvalue weighted by molar-refractivity contribution is 5.91. The molecule has 4 nitrogen and oxygen atoms in total. The molecule has 0 saturated carbocycles. The normalized spacial score (nSPS) is 11.6. The summed E-state index contributed by atoms with van der Waals surface area (Å²) < 4.78 is 7.77. The Hall–Kier alpha value is -2.07. The van der Waals surface area contributed by atoms with Crippen LogP contribution in [-0.4, -0.2) is 28.8 Å². The van der Waals surface area contributed by atoms with E-state index in [-0.39, 0.29) is 0 Å². The number of aryl methyl sites for hydroxylation is 1. The molecule has 1 aromatic carbocycles. The summed E-state index contributed by atoms with van der Waals surface area (Å²) in [5, 5.41) is 5.68. The fraction of sp³-hybridized carbons (Fsp3) is 0.267. The van der Waals surface area contributed by atoms with Gasteiger partial charge in [-0.25, -0.2) is 0 Å². The van der Waals surface area contributed by atoms with Gasteiger partial charge in [-0.05, 0) is 32.3 Å². The van der Waals surface area contributed by atoms with E-state index < -0.39 is 0 Å². The number of nitrogens with zero attached hydrogens (tertiary/aromatic N) is 3. The molecule has 3 rings (SSSR count). The van der Waals surface area contributed by atoms with Crippen molar-refractivity contribution in [3.8, 4) is 11.5 Å². The van der Waals surface area contributed by atoms with Gasteiger partial charge in [0.25, 0.3) is 0 Å². The molecule has 98 valence electrons. The third-order valence-electron chi connectivity index (χ3n) is 3.12. The summed E-state index contributed by atoms with van der Waals surface area (Å²) in [4.78, 5) is 2.08. The first-order chi connectivity index (χ1) is 9.15. The third kappa shape index (κ3) is 2.15. The minimum absolute atomic E-state index is 0.796. The van der Waals surface area contributed by atoms with Gasteiger partial charge in [-0.3, -0.25) is 4.68 Å². The molecule has 2 heterocycles. The van der Waals surface area contributed by atoms with Gasteiger partial charge in [0.2, 0.25) is 0 Å². The largest absolute Gasteiger partial charge is 0.458 e. The van der Waals surface area contributed by atoms with Crippen LogP contribution in [0.1, 0.15) is 5.76 Å². The van der Waals surface area contributed by atoms with Crippen molar-refractivity contribution in [2.45, 2.75) is 6.54 Å². The maximum absolute atomic E-state index is 5.88. The molecule has 0 aliphatic carbocycles. The van der Waals surface area contributed by atoms with Crippen LogP contribution in [0, 0.1) is 0 Å². The Morgan fingerprint density at radius 3 is 2.74 bits per heavy atom. The fourth-order valence-electron chi connectivity index (χ4n) is 2.30. The Kier molecular flexibility index (Phi) is 2.87. The van der Waals surface area contributed by atoms with E-state index in [1.807, 2.05) is 50.1 Å². The molecule has 0 bridgehead atoms. The Morgan fingerprint density at radius 1 is 1.16 bits per heavy atom. The van der Waals surface area contributed by atoms with Gasteiger partial charge in [0, 0.05) is 12.4 Å². The van der Waals surface area contributed by atoms with Gasteiger partial charge < -0.3 is 9.32 Å². The van der Waals surface area contributed by atoms with Crippen LogP contribution in [0.25, 0.3) is 22.4 Å². The van der Waals surface area contributed by atoms with Gasteiger partial charge in [0.1, 0.15) is 11.5 Å². The lowest BCUT2D eigenvalue weighted by molar-refractivity contribution is 0.353. The number of rotatable bonds is 3. The van der Waals surface area contributed by atoms with E-state index in [0.717, 1.165) is 34.7 Å². The summed E-state index contributed by atoms with van der Waals surface area (Å²) >= 11 is 0. The highest BCUT2D eigenvalue weighted by Crippen LogP contribution is 2.28. The smallest absolute Gasteiger partial charge is 0.155 e. The molecule has 4 heteroatoms. The zero-order valence-corrected chi connectivity index (χ0v) is 11.4. The first-order valence-corrected chi connectivity index (χ1v) is 6.30. The van der Waals surface area contributed by atoms with Crippen LogP contribution < -0.4 is 0 Å². The SMILES string of the molecule is CN(C)Cc1ccc(-c2nn(C)c3ccccc23)o1. The monoisotopic (exact) mass is 255 g/mol. The molecule has 0 saturated heterocycles. The quantitative estimate of drug-likeness (QED) is 0.721. The molecule has 0 spiro atoms. The van der Waals surface area contributed by atoms with E-state index in [4.69, 9.17) is 4.42 Å². The molecule has 3 aromatic rings. The predicted octanol–water partition coefficient (Wildman–Crippen LogP) is 2.89. The number of aromatic nitrogens is 2. The van der Waals surface area contributed by atoms with Gasteiger partial charge >= 0.3 is 0 Å². The molecule has 2 aromatic heterocycles. The lowest BCUT2D eigenvalue weighted by Crippen LogP contribution is -2.09. The molecule has 19 heavy (non-hydrogen) atoms. The van der Waals surface area contributed by atoms with Crippen molar-refractivity contribution in [1.82, 2.24) is 14.7 Å². The Labute approximate surface area is 112 Å². The predicted molar refractivity (Wildman–Crippen MR) is 75.8 cm³/mol. The second kappa shape index (κ2) is 4.55. The van der Waals surface area contributed by atoms with Crippen LogP contribution in [0.2, 0.25) is 0 Å². The zero-order chi connectivity index (χ0) is 13.4. The van der Waals surface area contributed by atoms with E-state index >= 15 is 0 Å². The molecule has 0 fully saturated rings. The first kappa shape index (κ1) is 12.0. The summed E-state index contributed by atoms with van der Waals surface area (Å²) in [5.41, 5.74) is 2.02. The summed E-state index contributed by atoms with van der Waals surface area (Å²) in [6.45, 7) is 0.796. The van der Waals surface area contributed by atoms with Crippen molar-refractivity contribution in [3.63, 3.8) is 0 Å². The standard InChI is InChI=1S/C15H17N3O/c1-17(2)10-11-8-9-14(19-11)15-12-6-4-5-7-13(12)18(3)16-15/h4-9H,10H2,1-3H3. The summed E-state index contributed by atoms with van der Waals surface area (Å²) in [5.74, 6) is 1.78. The fourth-order valence-corrected chi connectivity index (χ4v) is 2.30. The lowest BCUT2D eigenvalue weighted by atomic mass is 10.2. The minimum atomic E-state index is 0.796. The van der Waals surface area contributed by atoms with Crippen LogP contribution in [0.3, 0.4) is 0 Å². The lowest BCUT2D eigenvalue weighted by Gasteiger charge is -2.05. The number of fused-ring (bicyclic) bond motifs is 1. The van der Waals surface area contributed by atoms with Gasteiger partial charge in [0.05, 0.1) is 12.1 Å². The molecule has 0 atom stereocenters. The van der Waals surface area contributed by atoms with Crippen molar-refractivity contribution < 1.29 is 4.42 Å². The van der Waals surface area contributed by atoms with Crippen molar-refractivity contribution in [2.75, 3.05) is 14.1 Å².